The number of fused-ring (bicyclic) bond motifs is 1. The lowest BCUT2D eigenvalue weighted by Gasteiger charge is -2.09. The number of carboxylic acid groups (broad SMARTS) is 1. The highest BCUT2D eigenvalue weighted by atomic mass is 16.5. The Labute approximate surface area is 172 Å². The van der Waals surface area contributed by atoms with Crippen molar-refractivity contribution in [2.75, 3.05) is 13.2 Å². The van der Waals surface area contributed by atoms with E-state index in [0.29, 0.717) is 13.1 Å². The number of benzene rings is 3. The molecule has 0 radical (unpaired) electrons. The summed E-state index contributed by atoms with van der Waals surface area (Å²) < 4.78 is 5.93. The van der Waals surface area contributed by atoms with Crippen molar-refractivity contribution in [2.45, 2.75) is 38.6 Å². The number of aryl methyl sites for hydroxylation is 1. The smallest absolute Gasteiger partial charge is 0.304 e. The first-order valence-electron chi connectivity index (χ1n) is 10.3. The van der Waals surface area contributed by atoms with Crippen LogP contribution in [0.25, 0.3) is 10.8 Å². The van der Waals surface area contributed by atoms with Crippen molar-refractivity contribution < 1.29 is 14.6 Å². The number of hydrogen-bond acceptors (Lipinski definition) is 3. The molecule has 29 heavy (non-hydrogen) atoms. The van der Waals surface area contributed by atoms with Gasteiger partial charge in [-0.3, -0.25) is 4.79 Å². The first kappa shape index (κ1) is 20.9. The summed E-state index contributed by atoms with van der Waals surface area (Å²) in [5.41, 5.74) is 2.55. The second kappa shape index (κ2) is 11.2. The third-order valence-corrected chi connectivity index (χ3v) is 4.94. The van der Waals surface area contributed by atoms with Gasteiger partial charge < -0.3 is 15.2 Å². The Bertz CT molecular complexity index is 908. The summed E-state index contributed by atoms with van der Waals surface area (Å²) in [6, 6.07) is 23.1. The molecule has 0 heterocycles. The minimum absolute atomic E-state index is 0.139. The molecule has 0 aliphatic rings. The van der Waals surface area contributed by atoms with Crippen molar-refractivity contribution in [3.8, 4) is 5.75 Å². The van der Waals surface area contributed by atoms with Crippen LogP contribution >= 0.6 is 0 Å². The number of carboxylic acids is 1. The van der Waals surface area contributed by atoms with Gasteiger partial charge in [-0.25, -0.2) is 0 Å². The van der Waals surface area contributed by atoms with Gasteiger partial charge in [0, 0.05) is 13.1 Å². The number of hydrogen-bond donors (Lipinski definition) is 2. The summed E-state index contributed by atoms with van der Waals surface area (Å²) in [4.78, 5) is 10.6. The predicted molar refractivity (Wildman–Crippen MR) is 117 cm³/mol. The van der Waals surface area contributed by atoms with Crippen molar-refractivity contribution in [3.63, 3.8) is 0 Å². The molecular weight excluding hydrogens is 362 g/mol. The molecule has 152 valence electrons. The van der Waals surface area contributed by atoms with Gasteiger partial charge in [0.25, 0.3) is 0 Å². The Morgan fingerprint density at radius 1 is 0.862 bits per heavy atom. The average molecular weight is 392 g/mol. The summed E-state index contributed by atoms with van der Waals surface area (Å²) in [7, 11) is 0. The molecule has 3 rings (SSSR count). The van der Waals surface area contributed by atoms with Crippen LogP contribution in [-0.2, 0) is 17.8 Å². The van der Waals surface area contributed by atoms with Gasteiger partial charge in [-0.15, -0.1) is 0 Å². The zero-order valence-electron chi connectivity index (χ0n) is 16.8. The van der Waals surface area contributed by atoms with Crippen LogP contribution in [0.15, 0.2) is 66.7 Å². The van der Waals surface area contributed by atoms with Crippen LogP contribution in [0.2, 0.25) is 0 Å². The van der Waals surface area contributed by atoms with Crippen molar-refractivity contribution >= 4 is 16.7 Å². The zero-order chi connectivity index (χ0) is 20.3. The fourth-order valence-electron chi connectivity index (χ4n) is 3.34. The molecule has 0 spiro atoms. The van der Waals surface area contributed by atoms with Crippen LogP contribution in [-0.4, -0.2) is 24.2 Å². The molecule has 0 aliphatic carbocycles. The van der Waals surface area contributed by atoms with E-state index in [1.807, 2.05) is 6.07 Å². The van der Waals surface area contributed by atoms with Crippen molar-refractivity contribution in [2.24, 2.45) is 0 Å². The molecule has 0 atom stereocenters. The SMILES string of the molecule is O=C(O)CCNCc1ccc2cc(OCCCCCc3ccccc3)ccc2c1. The van der Waals surface area contributed by atoms with Crippen LogP contribution in [0.3, 0.4) is 0 Å². The first-order chi connectivity index (χ1) is 14.2. The predicted octanol–water partition coefficient (Wildman–Crippen LogP) is 5.20. The second-order valence-corrected chi connectivity index (χ2v) is 7.31. The average Bonchev–Trinajstić information content (AvgIpc) is 2.74. The summed E-state index contributed by atoms with van der Waals surface area (Å²) >= 11 is 0. The maximum absolute atomic E-state index is 10.6. The Hall–Kier alpha value is -2.85. The number of rotatable bonds is 12. The van der Waals surface area contributed by atoms with E-state index in [4.69, 9.17) is 9.84 Å². The van der Waals surface area contributed by atoms with Crippen molar-refractivity contribution in [3.05, 3.63) is 77.9 Å². The monoisotopic (exact) mass is 391 g/mol. The molecule has 0 bridgehead atoms. The fourth-order valence-corrected chi connectivity index (χ4v) is 3.34. The van der Waals surface area contributed by atoms with E-state index in [2.05, 4.69) is 66.0 Å². The van der Waals surface area contributed by atoms with Crippen molar-refractivity contribution in [1.82, 2.24) is 5.32 Å². The quantitative estimate of drug-likeness (QED) is 0.417. The number of nitrogens with one attached hydrogen (secondary N) is 1. The summed E-state index contributed by atoms with van der Waals surface area (Å²) in [6.45, 7) is 1.89. The summed E-state index contributed by atoms with van der Waals surface area (Å²) in [6.07, 6.45) is 4.69. The molecule has 0 saturated heterocycles. The zero-order valence-corrected chi connectivity index (χ0v) is 16.8. The number of carbonyl (C=O) groups is 1. The van der Waals surface area contributed by atoms with Gasteiger partial charge in [-0.1, -0.05) is 48.5 Å². The second-order valence-electron chi connectivity index (χ2n) is 7.31. The van der Waals surface area contributed by atoms with Crippen molar-refractivity contribution in [1.29, 1.82) is 0 Å². The summed E-state index contributed by atoms with van der Waals surface area (Å²) in [5.74, 6) is 0.132. The highest BCUT2D eigenvalue weighted by Gasteiger charge is 2.01. The standard InChI is InChI=1S/C25H29NO3/c27-25(28)14-15-26-19-21-10-11-23-18-24(13-12-22(23)17-21)29-16-6-2-5-9-20-7-3-1-4-8-20/h1,3-4,7-8,10-13,17-18,26H,2,5-6,9,14-16,19H2,(H,27,28). The molecule has 3 aromatic rings. The van der Waals surface area contributed by atoms with E-state index < -0.39 is 5.97 Å². The molecule has 3 aromatic carbocycles. The molecule has 0 fully saturated rings. The van der Waals surface area contributed by atoms with Gasteiger partial charge in [0.1, 0.15) is 5.75 Å². The minimum atomic E-state index is -0.778. The van der Waals surface area contributed by atoms with E-state index in [0.717, 1.165) is 41.5 Å². The normalized spacial score (nSPS) is 10.9. The molecule has 4 heteroatoms. The molecule has 0 aliphatic heterocycles. The van der Waals surface area contributed by atoms with Crippen LogP contribution < -0.4 is 10.1 Å². The van der Waals surface area contributed by atoms with E-state index >= 15 is 0 Å². The maximum atomic E-state index is 10.6. The fraction of sp³-hybridized carbons (Fsp3) is 0.320. The lowest BCUT2D eigenvalue weighted by molar-refractivity contribution is -0.136. The van der Waals surface area contributed by atoms with Crippen LogP contribution in [0.1, 0.15) is 36.8 Å². The van der Waals surface area contributed by atoms with Gasteiger partial charge in [0.15, 0.2) is 0 Å². The third-order valence-electron chi connectivity index (χ3n) is 4.94. The van der Waals surface area contributed by atoms with Gasteiger partial charge in [-0.05, 0) is 65.8 Å². The summed E-state index contributed by atoms with van der Waals surface area (Å²) in [5, 5.41) is 14.2. The van der Waals surface area contributed by atoms with E-state index in [1.165, 1.54) is 18.4 Å². The Kier molecular flexibility index (Phi) is 8.08. The maximum Gasteiger partial charge on any atom is 0.304 e. The molecular formula is C25H29NO3. The number of aliphatic carboxylic acids is 1. The lowest BCUT2D eigenvalue weighted by Crippen LogP contribution is -2.17. The number of unbranched alkanes of at least 4 members (excludes halogenated alkanes) is 2. The van der Waals surface area contributed by atoms with Crippen LogP contribution in [0.4, 0.5) is 0 Å². The Morgan fingerprint density at radius 2 is 1.66 bits per heavy atom. The molecule has 2 N–H and O–H groups in total. The number of ether oxygens (including phenoxy) is 1. The molecule has 0 saturated carbocycles. The topological polar surface area (TPSA) is 58.6 Å². The van der Waals surface area contributed by atoms with E-state index in [1.54, 1.807) is 0 Å². The van der Waals surface area contributed by atoms with Crippen LogP contribution in [0.5, 0.6) is 5.75 Å². The molecule has 0 aromatic heterocycles. The van der Waals surface area contributed by atoms with Gasteiger partial charge >= 0.3 is 5.97 Å². The Morgan fingerprint density at radius 3 is 2.48 bits per heavy atom. The van der Waals surface area contributed by atoms with Crippen LogP contribution in [0, 0.1) is 0 Å². The van der Waals surface area contributed by atoms with Gasteiger partial charge in [-0.2, -0.15) is 0 Å². The van der Waals surface area contributed by atoms with Gasteiger partial charge in [0.2, 0.25) is 0 Å². The first-order valence-corrected chi connectivity index (χ1v) is 10.3. The third kappa shape index (κ3) is 7.24. The largest absolute Gasteiger partial charge is 0.494 e. The lowest BCUT2D eigenvalue weighted by atomic mass is 10.1. The molecule has 0 unspecified atom stereocenters. The Balaban J connectivity index is 1.40. The minimum Gasteiger partial charge on any atom is -0.494 e. The highest BCUT2D eigenvalue weighted by Crippen LogP contribution is 2.22. The van der Waals surface area contributed by atoms with E-state index in [-0.39, 0.29) is 6.42 Å². The molecule has 4 nitrogen and oxygen atoms in total. The highest BCUT2D eigenvalue weighted by molar-refractivity contribution is 5.84. The van der Waals surface area contributed by atoms with E-state index in [9.17, 15) is 4.79 Å². The molecule has 0 amide bonds. The van der Waals surface area contributed by atoms with Gasteiger partial charge in [0.05, 0.1) is 13.0 Å².